The highest BCUT2D eigenvalue weighted by atomic mass is 16.5. The van der Waals surface area contributed by atoms with Crippen molar-refractivity contribution >= 4 is 22.5 Å². The van der Waals surface area contributed by atoms with Gasteiger partial charge in [-0.2, -0.15) is 0 Å². The number of H-pyrrole nitrogens is 1. The standard InChI is InChI=1S/C20H19N3O4/c24-19(21-13-6-7-16-17(12-13)27-11-3-10-26-16)9-8-18-22-15-5-2-1-4-14(15)20(25)23-18/h1-2,4-7,12H,3,8-11H2,(H,21,24)(H,22,23,25). The van der Waals surface area contributed by atoms with Crippen molar-refractivity contribution in [1.82, 2.24) is 9.97 Å². The number of nitrogens with one attached hydrogen (secondary N) is 2. The summed E-state index contributed by atoms with van der Waals surface area (Å²) in [6, 6.07) is 12.5. The van der Waals surface area contributed by atoms with Gasteiger partial charge in [0.2, 0.25) is 5.91 Å². The molecule has 1 aromatic heterocycles. The first kappa shape index (κ1) is 17.1. The van der Waals surface area contributed by atoms with Gasteiger partial charge in [0, 0.05) is 31.0 Å². The highest BCUT2D eigenvalue weighted by Gasteiger charge is 2.12. The average Bonchev–Trinajstić information content (AvgIpc) is 2.91. The molecular weight excluding hydrogens is 346 g/mol. The summed E-state index contributed by atoms with van der Waals surface area (Å²) in [4.78, 5) is 31.5. The fourth-order valence-electron chi connectivity index (χ4n) is 2.95. The summed E-state index contributed by atoms with van der Waals surface area (Å²) < 4.78 is 11.2. The van der Waals surface area contributed by atoms with E-state index >= 15 is 0 Å². The highest BCUT2D eigenvalue weighted by Crippen LogP contribution is 2.32. The summed E-state index contributed by atoms with van der Waals surface area (Å²) in [6.45, 7) is 1.21. The maximum Gasteiger partial charge on any atom is 0.258 e. The number of anilines is 1. The predicted molar refractivity (Wildman–Crippen MR) is 101 cm³/mol. The fraction of sp³-hybridized carbons (Fsp3) is 0.250. The third-order valence-electron chi connectivity index (χ3n) is 4.28. The van der Waals surface area contributed by atoms with Gasteiger partial charge in [0.15, 0.2) is 11.5 Å². The topological polar surface area (TPSA) is 93.3 Å². The van der Waals surface area contributed by atoms with Crippen LogP contribution in [0.5, 0.6) is 11.5 Å². The van der Waals surface area contributed by atoms with Crippen molar-refractivity contribution in [3.05, 3.63) is 58.6 Å². The first-order valence-corrected chi connectivity index (χ1v) is 8.86. The number of benzene rings is 2. The Labute approximate surface area is 155 Å². The number of amides is 1. The van der Waals surface area contributed by atoms with E-state index in [4.69, 9.17) is 9.47 Å². The zero-order chi connectivity index (χ0) is 18.6. The number of rotatable bonds is 4. The second kappa shape index (κ2) is 7.49. The number of ether oxygens (including phenoxy) is 2. The van der Waals surface area contributed by atoms with Crippen LogP contribution in [0.15, 0.2) is 47.3 Å². The summed E-state index contributed by atoms with van der Waals surface area (Å²) >= 11 is 0. The quantitative estimate of drug-likeness (QED) is 0.741. The van der Waals surface area contributed by atoms with E-state index in [1.54, 1.807) is 36.4 Å². The number of hydrogen-bond donors (Lipinski definition) is 2. The van der Waals surface area contributed by atoms with Crippen LogP contribution >= 0.6 is 0 Å². The number of para-hydroxylation sites is 1. The molecule has 27 heavy (non-hydrogen) atoms. The summed E-state index contributed by atoms with van der Waals surface area (Å²) in [5.41, 5.74) is 1.07. The maximum absolute atomic E-state index is 12.3. The zero-order valence-corrected chi connectivity index (χ0v) is 14.7. The van der Waals surface area contributed by atoms with Gasteiger partial charge in [-0.25, -0.2) is 4.98 Å². The first-order chi connectivity index (χ1) is 13.2. The smallest absolute Gasteiger partial charge is 0.258 e. The number of fused-ring (bicyclic) bond motifs is 2. The Morgan fingerprint density at radius 2 is 1.93 bits per heavy atom. The van der Waals surface area contributed by atoms with E-state index in [1.807, 2.05) is 6.07 Å². The SMILES string of the molecule is O=C(CCc1nc2ccccc2c(=O)[nH]1)Nc1ccc2c(c1)OCCCO2. The Balaban J connectivity index is 1.41. The van der Waals surface area contributed by atoms with E-state index < -0.39 is 0 Å². The van der Waals surface area contributed by atoms with Crippen LogP contribution in [0.1, 0.15) is 18.7 Å². The van der Waals surface area contributed by atoms with E-state index in [0.29, 0.717) is 53.5 Å². The molecule has 1 aliphatic heterocycles. The number of carbonyl (C=O) groups is 1. The lowest BCUT2D eigenvalue weighted by Crippen LogP contribution is -2.16. The molecule has 0 saturated carbocycles. The van der Waals surface area contributed by atoms with Crippen LogP contribution in [0.4, 0.5) is 5.69 Å². The molecule has 3 aromatic rings. The van der Waals surface area contributed by atoms with Crippen LogP contribution in [0, 0.1) is 0 Å². The van der Waals surface area contributed by atoms with E-state index in [0.717, 1.165) is 6.42 Å². The third kappa shape index (κ3) is 3.92. The fourth-order valence-corrected chi connectivity index (χ4v) is 2.95. The molecule has 2 aromatic carbocycles. The molecule has 0 saturated heterocycles. The number of hydrogen-bond acceptors (Lipinski definition) is 5. The zero-order valence-electron chi connectivity index (χ0n) is 14.7. The van der Waals surface area contributed by atoms with Crippen LogP contribution in [0.2, 0.25) is 0 Å². The van der Waals surface area contributed by atoms with Crippen LogP contribution in [0.3, 0.4) is 0 Å². The molecule has 4 rings (SSSR count). The molecule has 1 aliphatic rings. The van der Waals surface area contributed by atoms with E-state index in [9.17, 15) is 9.59 Å². The van der Waals surface area contributed by atoms with Crippen LogP contribution in [-0.2, 0) is 11.2 Å². The van der Waals surface area contributed by atoms with Gasteiger partial charge in [0.05, 0.1) is 24.1 Å². The molecule has 0 unspecified atom stereocenters. The predicted octanol–water partition coefficient (Wildman–Crippen LogP) is 2.66. The normalized spacial score (nSPS) is 13.2. The number of nitrogens with zero attached hydrogens (tertiary/aromatic N) is 1. The van der Waals surface area contributed by atoms with Gasteiger partial charge >= 0.3 is 0 Å². The molecule has 2 N–H and O–H groups in total. The summed E-state index contributed by atoms with van der Waals surface area (Å²) in [6.07, 6.45) is 1.37. The van der Waals surface area contributed by atoms with E-state index in [1.165, 1.54) is 0 Å². The van der Waals surface area contributed by atoms with Crippen molar-refractivity contribution in [3.63, 3.8) is 0 Å². The first-order valence-electron chi connectivity index (χ1n) is 8.86. The van der Waals surface area contributed by atoms with Crippen molar-refractivity contribution in [2.24, 2.45) is 0 Å². The lowest BCUT2D eigenvalue weighted by atomic mass is 10.2. The van der Waals surface area contributed by atoms with Gasteiger partial charge in [0.1, 0.15) is 5.82 Å². The minimum Gasteiger partial charge on any atom is -0.490 e. The second-order valence-corrected chi connectivity index (χ2v) is 6.29. The minimum absolute atomic E-state index is 0.166. The Hall–Kier alpha value is -3.35. The van der Waals surface area contributed by atoms with Crippen molar-refractivity contribution < 1.29 is 14.3 Å². The molecular formula is C20H19N3O4. The maximum atomic E-state index is 12.3. The third-order valence-corrected chi connectivity index (χ3v) is 4.28. The van der Waals surface area contributed by atoms with Crippen molar-refractivity contribution in [2.45, 2.75) is 19.3 Å². The molecule has 2 heterocycles. The summed E-state index contributed by atoms with van der Waals surface area (Å²) in [5.74, 6) is 1.64. The molecule has 0 bridgehead atoms. The van der Waals surface area contributed by atoms with Crippen LogP contribution < -0.4 is 20.3 Å². The Kier molecular flexibility index (Phi) is 4.74. The largest absolute Gasteiger partial charge is 0.490 e. The number of aryl methyl sites for hydroxylation is 1. The minimum atomic E-state index is -0.195. The Bertz CT molecular complexity index is 1040. The van der Waals surface area contributed by atoms with Gasteiger partial charge < -0.3 is 19.8 Å². The molecule has 1 amide bonds. The van der Waals surface area contributed by atoms with Gasteiger partial charge in [-0.3, -0.25) is 9.59 Å². The Morgan fingerprint density at radius 3 is 2.81 bits per heavy atom. The van der Waals surface area contributed by atoms with Crippen molar-refractivity contribution in [2.75, 3.05) is 18.5 Å². The number of carbonyl (C=O) groups excluding carboxylic acids is 1. The molecule has 0 aliphatic carbocycles. The van der Waals surface area contributed by atoms with Crippen molar-refractivity contribution in [3.8, 4) is 11.5 Å². The van der Waals surface area contributed by atoms with Crippen LogP contribution in [-0.4, -0.2) is 29.1 Å². The molecule has 138 valence electrons. The second-order valence-electron chi connectivity index (χ2n) is 6.29. The molecule has 0 spiro atoms. The molecule has 7 nitrogen and oxygen atoms in total. The molecule has 0 radical (unpaired) electrons. The average molecular weight is 365 g/mol. The van der Waals surface area contributed by atoms with Gasteiger partial charge in [-0.15, -0.1) is 0 Å². The number of aromatic nitrogens is 2. The van der Waals surface area contributed by atoms with E-state index in [2.05, 4.69) is 15.3 Å². The van der Waals surface area contributed by atoms with Gasteiger partial charge in [-0.05, 0) is 24.3 Å². The highest BCUT2D eigenvalue weighted by molar-refractivity contribution is 5.91. The van der Waals surface area contributed by atoms with Gasteiger partial charge in [0.25, 0.3) is 5.56 Å². The lowest BCUT2D eigenvalue weighted by molar-refractivity contribution is -0.116. The lowest BCUT2D eigenvalue weighted by Gasteiger charge is -2.10. The number of aromatic amines is 1. The van der Waals surface area contributed by atoms with Crippen LogP contribution in [0.25, 0.3) is 10.9 Å². The molecule has 0 atom stereocenters. The van der Waals surface area contributed by atoms with Crippen molar-refractivity contribution in [1.29, 1.82) is 0 Å². The molecule has 0 fully saturated rings. The Morgan fingerprint density at radius 1 is 1.11 bits per heavy atom. The molecule has 7 heteroatoms. The monoisotopic (exact) mass is 365 g/mol. The summed E-state index contributed by atoms with van der Waals surface area (Å²) in [5, 5.41) is 3.38. The van der Waals surface area contributed by atoms with E-state index in [-0.39, 0.29) is 17.9 Å². The van der Waals surface area contributed by atoms with Gasteiger partial charge in [-0.1, -0.05) is 12.1 Å². The summed E-state index contributed by atoms with van der Waals surface area (Å²) in [7, 11) is 0.